The first-order chi connectivity index (χ1) is 19.1. The van der Waals surface area contributed by atoms with Gasteiger partial charge in [0.05, 0.1) is 10.3 Å². The van der Waals surface area contributed by atoms with Gasteiger partial charge < -0.3 is 14.1 Å². The predicted octanol–water partition coefficient (Wildman–Crippen LogP) is 5.34. The van der Waals surface area contributed by atoms with Gasteiger partial charge in [-0.15, -0.1) is 0 Å². The van der Waals surface area contributed by atoms with Gasteiger partial charge in [0, 0.05) is 29.6 Å². The number of H-pyrrole nitrogens is 1. The van der Waals surface area contributed by atoms with Crippen LogP contribution in [0.1, 0.15) is 35.6 Å². The molecule has 1 atom stereocenters. The average Bonchev–Trinajstić information content (AvgIpc) is 3.31. The Labute approximate surface area is 232 Å². The molecule has 5 aromatic rings. The van der Waals surface area contributed by atoms with Gasteiger partial charge >= 0.3 is 11.6 Å². The van der Waals surface area contributed by atoms with Crippen LogP contribution in [0.3, 0.4) is 0 Å². The van der Waals surface area contributed by atoms with Crippen LogP contribution in [0.4, 0.5) is 0 Å². The van der Waals surface area contributed by atoms with Gasteiger partial charge in [-0.05, 0) is 67.3 Å². The van der Waals surface area contributed by atoms with Crippen molar-refractivity contribution in [3.8, 4) is 5.75 Å². The number of aromatic nitrogens is 1. The van der Waals surface area contributed by atoms with Crippen molar-refractivity contribution in [2.45, 2.75) is 51.0 Å². The van der Waals surface area contributed by atoms with Crippen molar-refractivity contribution in [3.63, 3.8) is 0 Å². The summed E-state index contributed by atoms with van der Waals surface area (Å²) < 4.78 is 40.7. The largest absolute Gasteiger partial charge is 0.425 e. The quantitative estimate of drug-likeness (QED) is 0.143. The lowest BCUT2D eigenvalue weighted by Gasteiger charge is -2.19. The van der Waals surface area contributed by atoms with Crippen LogP contribution < -0.4 is 15.1 Å². The number of rotatable bonds is 9. The Kier molecular flexibility index (Phi) is 7.60. The molecule has 5 rings (SSSR count). The van der Waals surface area contributed by atoms with Crippen LogP contribution in [0, 0.1) is 13.8 Å². The molecular formula is C31H30N2O6S. The predicted molar refractivity (Wildman–Crippen MR) is 154 cm³/mol. The Morgan fingerprint density at radius 2 is 1.75 bits per heavy atom. The summed E-state index contributed by atoms with van der Waals surface area (Å²) in [4.78, 5) is 29.2. The van der Waals surface area contributed by atoms with Gasteiger partial charge in [-0.3, -0.25) is 0 Å². The summed E-state index contributed by atoms with van der Waals surface area (Å²) >= 11 is 0. The fraction of sp³-hybridized carbons (Fsp3) is 0.226. The number of para-hydroxylation sites is 1. The van der Waals surface area contributed by atoms with E-state index in [4.69, 9.17) is 9.15 Å². The maximum atomic E-state index is 13.8. The molecule has 8 nitrogen and oxygen atoms in total. The lowest BCUT2D eigenvalue weighted by atomic mass is 10.0. The number of esters is 1. The third-order valence-electron chi connectivity index (χ3n) is 6.78. The highest BCUT2D eigenvalue weighted by Gasteiger charge is 2.29. The maximum Gasteiger partial charge on any atom is 0.336 e. The molecule has 206 valence electrons. The molecule has 0 spiro atoms. The summed E-state index contributed by atoms with van der Waals surface area (Å²) in [5.74, 6) is -0.563. The summed E-state index contributed by atoms with van der Waals surface area (Å²) in [6, 6.07) is 17.6. The molecule has 2 heterocycles. The molecule has 0 aliphatic heterocycles. The highest BCUT2D eigenvalue weighted by atomic mass is 32.2. The van der Waals surface area contributed by atoms with Gasteiger partial charge in [-0.1, -0.05) is 49.2 Å². The molecule has 3 aromatic carbocycles. The number of carbonyl (C=O) groups is 1. The van der Waals surface area contributed by atoms with Gasteiger partial charge in [-0.2, -0.15) is 4.72 Å². The van der Waals surface area contributed by atoms with Crippen LogP contribution in [0.2, 0.25) is 0 Å². The molecule has 0 bridgehead atoms. The van der Waals surface area contributed by atoms with Gasteiger partial charge in [0.1, 0.15) is 17.4 Å². The Balaban J connectivity index is 1.55. The third-order valence-corrected chi connectivity index (χ3v) is 8.26. The summed E-state index contributed by atoms with van der Waals surface area (Å²) in [6.07, 6.45) is 3.16. The van der Waals surface area contributed by atoms with E-state index < -0.39 is 27.7 Å². The lowest BCUT2D eigenvalue weighted by molar-refractivity contribution is -0.136. The zero-order valence-electron chi connectivity index (χ0n) is 22.5. The van der Waals surface area contributed by atoms with Crippen molar-refractivity contribution in [3.05, 3.63) is 106 Å². The zero-order valence-corrected chi connectivity index (χ0v) is 23.3. The monoisotopic (exact) mass is 558 g/mol. The molecule has 0 aliphatic rings. The van der Waals surface area contributed by atoms with Crippen molar-refractivity contribution < 1.29 is 22.4 Å². The lowest BCUT2D eigenvalue weighted by Crippen LogP contribution is -2.44. The fourth-order valence-corrected chi connectivity index (χ4v) is 6.05. The van der Waals surface area contributed by atoms with E-state index in [1.54, 1.807) is 37.4 Å². The van der Waals surface area contributed by atoms with E-state index in [1.165, 1.54) is 18.2 Å². The first-order valence-corrected chi connectivity index (χ1v) is 14.6. The number of ether oxygens (including phenoxy) is 1. The van der Waals surface area contributed by atoms with Gasteiger partial charge in [0.15, 0.2) is 0 Å². The first-order valence-electron chi connectivity index (χ1n) is 13.1. The Bertz CT molecular complexity index is 1870. The van der Waals surface area contributed by atoms with Crippen LogP contribution >= 0.6 is 0 Å². The second kappa shape index (κ2) is 11.1. The summed E-state index contributed by atoms with van der Waals surface area (Å²) in [7, 11) is -4.06. The minimum Gasteiger partial charge on any atom is -0.425 e. The summed E-state index contributed by atoms with van der Waals surface area (Å²) in [5.41, 5.74) is 3.79. The minimum atomic E-state index is -4.06. The van der Waals surface area contributed by atoms with E-state index in [1.807, 2.05) is 38.1 Å². The molecule has 40 heavy (non-hydrogen) atoms. The van der Waals surface area contributed by atoms with Crippen molar-refractivity contribution in [2.75, 3.05) is 0 Å². The number of carbonyl (C=O) groups excluding carboxylic acids is 1. The normalized spacial score (nSPS) is 12.6. The van der Waals surface area contributed by atoms with Crippen LogP contribution in [-0.2, 0) is 27.7 Å². The topological polar surface area (TPSA) is 118 Å². The molecule has 0 radical (unpaired) electrons. The van der Waals surface area contributed by atoms with E-state index in [9.17, 15) is 18.0 Å². The van der Waals surface area contributed by atoms with Gasteiger partial charge in [0.2, 0.25) is 10.0 Å². The first kappa shape index (κ1) is 27.4. The summed E-state index contributed by atoms with van der Waals surface area (Å²) in [6.45, 7) is 5.65. The number of hydrogen-bond acceptors (Lipinski definition) is 6. The number of aryl methyl sites for hydroxylation is 3. The van der Waals surface area contributed by atoms with Gasteiger partial charge in [0.25, 0.3) is 0 Å². The Hall–Kier alpha value is -4.21. The number of sulfonamides is 1. The molecule has 0 saturated heterocycles. The SMILES string of the molecule is CCCc1cc(=O)oc2cc(C)cc(OC(=O)[C@@H](Cc3c[nH]c4ccccc34)NS(=O)(=O)c3ccc(C)cc3)c12. The molecule has 0 aliphatic carbocycles. The summed E-state index contributed by atoms with van der Waals surface area (Å²) in [5, 5.41) is 1.40. The molecule has 0 unspecified atom stereocenters. The highest BCUT2D eigenvalue weighted by Crippen LogP contribution is 2.31. The molecule has 2 aromatic heterocycles. The van der Waals surface area contributed by atoms with Crippen molar-refractivity contribution in [1.29, 1.82) is 0 Å². The number of benzene rings is 3. The highest BCUT2D eigenvalue weighted by molar-refractivity contribution is 7.89. The van der Waals surface area contributed by atoms with Gasteiger partial charge in [-0.25, -0.2) is 18.0 Å². The zero-order chi connectivity index (χ0) is 28.4. The smallest absolute Gasteiger partial charge is 0.336 e. The molecule has 0 saturated carbocycles. The van der Waals surface area contributed by atoms with E-state index in [0.29, 0.717) is 23.0 Å². The van der Waals surface area contributed by atoms with E-state index >= 15 is 0 Å². The van der Waals surface area contributed by atoms with Crippen LogP contribution in [0.25, 0.3) is 21.9 Å². The number of aromatic amines is 1. The van der Waals surface area contributed by atoms with Crippen LogP contribution in [-0.4, -0.2) is 25.4 Å². The Morgan fingerprint density at radius 3 is 2.50 bits per heavy atom. The van der Waals surface area contributed by atoms with Crippen LogP contribution in [0.5, 0.6) is 5.75 Å². The molecular weight excluding hydrogens is 528 g/mol. The third kappa shape index (κ3) is 5.71. The number of hydrogen-bond donors (Lipinski definition) is 2. The van der Waals surface area contributed by atoms with Crippen LogP contribution in [0.15, 0.2) is 87.0 Å². The molecule has 0 fully saturated rings. The Morgan fingerprint density at radius 1 is 1.00 bits per heavy atom. The standard InChI is InChI=1S/C31H30N2O6S/c1-4-7-21-17-29(34)38-27-14-20(3)15-28(30(21)27)39-31(35)26(16-22-18-32-25-9-6-5-8-24(22)25)33-40(36,37)23-12-10-19(2)11-13-23/h5-6,8-15,17-18,26,32-33H,4,7,16H2,1-3H3/t26-/m1/s1. The fourth-order valence-electron chi connectivity index (χ4n) is 4.86. The van der Waals surface area contributed by atoms with Crippen molar-refractivity contribution in [2.24, 2.45) is 0 Å². The molecule has 0 amide bonds. The maximum absolute atomic E-state index is 13.8. The van der Waals surface area contributed by atoms with Crippen molar-refractivity contribution in [1.82, 2.24) is 9.71 Å². The number of nitrogens with one attached hydrogen (secondary N) is 2. The van der Waals surface area contributed by atoms with E-state index in [0.717, 1.165) is 34.0 Å². The molecule has 2 N–H and O–H groups in total. The number of fused-ring (bicyclic) bond motifs is 2. The van der Waals surface area contributed by atoms with E-state index in [2.05, 4.69) is 9.71 Å². The van der Waals surface area contributed by atoms with Crippen molar-refractivity contribution >= 4 is 37.9 Å². The minimum absolute atomic E-state index is 0.0443. The second-order valence-electron chi connectivity index (χ2n) is 9.95. The average molecular weight is 559 g/mol. The molecule has 9 heteroatoms. The van der Waals surface area contributed by atoms with E-state index in [-0.39, 0.29) is 17.1 Å². The second-order valence-corrected chi connectivity index (χ2v) is 11.7.